The second kappa shape index (κ2) is 8.90. The minimum atomic E-state index is -3.67. The van der Waals surface area contributed by atoms with Gasteiger partial charge in [0.1, 0.15) is 11.5 Å². The summed E-state index contributed by atoms with van der Waals surface area (Å²) in [4.78, 5) is 27.0. The van der Waals surface area contributed by atoms with Gasteiger partial charge in [0.25, 0.3) is 21.9 Å². The molecule has 1 heterocycles. The van der Waals surface area contributed by atoms with Gasteiger partial charge in [-0.2, -0.15) is 8.42 Å². The summed E-state index contributed by atoms with van der Waals surface area (Å²) in [7, 11) is -3.67. The molecule has 0 saturated heterocycles. The molecule has 0 aliphatic carbocycles. The first kappa shape index (κ1) is 22.1. The van der Waals surface area contributed by atoms with Gasteiger partial charge in [-0.3, -0.25) is 25.0 Å². The molecule has 154 valence electrons. The van der Waals surface area contributed by atoms with Gasteiger partial charge in [-0.25, -0.2) is 4.39 Å². The third kappa shape index (κ3) is 6.75. The molecule has 29 heavy (non-hydrogen) atoms. The second-order valence-electron chi connectivity index (χ2n) is 5.79. The second-order valence-corrected chi connectivity index (χ2v) is 7.69. The number of hydrogen-bond acceptors (Lipinski definition) is 5. The molecule has 0 spiro atoms. The number of carbonyl (C=O) groups is 2. The van der Waals surface area contributed by atoms with Crippen molar-refractivity contribution in [3.63, 3.8) is 0 Å². The van der Waals surface area contributed by atoms with E-state index in [0.717, 1.165) is 23.0 Å². The molecule has 3 aromatic rings. The largest absolute Gasteiger partial charge is 0.398 e. The summed E-state index contributed by atoms with van der Waals surface area (Å²) in [5, 5.41) is 1.32. The average Bonchev–Trinajstić information content (AvgIpc) is 3.01. The molecule has 0 bridgehead atoms. The number of halogens is 2. The summed E-state index contributed by atoms with van der Waals surface area (Å²) in [5.41, 5.74) is 11.1. The predicted octanol–water partition coefficient (Wildman–Crippen LogP) is 2.12. The average molecular weight is 443 g/mol. The summed E-state index contributed by atoms with van der Waals surface area (Å²) in [6.45, 7) is 0. The summed E-state index contributed by atoms with van der Waals surface area (Å²) in [6, 6.07) is 10.1. The van der Waals surface area contributed by atoms with Crippen molar-refractivity contribution < 1.29 is 27.0 Å². The molecule has 3 rings (SSSR count). The van der Waals surface area contributed by atoms with E-state index in [1.807, 2.05) is 0 Å². The molecule has 2 amide bonds. The topological polar surface area (TPSA) is 154 Å². The molecular formula is C17H16ClFN4O5S. The van der Waals surface area contributed by atoms with Crippen molar-refractivity contribution in [2.45, 2.75) is 0 Å². The number of hydrogen-bond donors (Lipinski definition) is 5. The van der Waals surface area contributed by atoms with Crippen LogP contribution in [-0.4, -0.2) is 36.0 Å². The van der Waals surface area contributed by atoms with E-state index in [1.54, 1.807) is 24.3 Å². The number of nitrogens with one attached hydrogen (secondary N) is 3. The SMILES string of the molecule is CS(=O)(=O)O.Nc1cc(F)ccc1C(=O)NNC(=O)c1cc2cc(Cl)ccc2[nH]1. The van der Waals surface area contributed by atoms with E-state index in [4.69, 9.17) is 21.9 Å². The van der Waals surface area contributed by atoms with Gasteiger partial charge in [-0.15, -0.1) is 0 Å². The third-order valence-corrected chi connectivity index (χ3v) is 3.61. The number of fused-ring (bicyclic) bond motifs is 1. The monoisotopic (exact) mass is 442 g/mol. The quantitative estimate of drug-likeness (QED) is 0.232. The van der Waals surface area contributed by atoms with Gasteiger partial charge < -0.3 is 10.7 Å². The lowest BCUT2D eigenvalue weighted by atomic mass is 10.1. The zero-order chi connectivity index (χ0) is 21.8. The van der Waals surface area contributed by atoms with Gasteiger partial charge in [0, 0.05) is 21.6 Å². The number of benzene rings is 2. The third-order valence-electron chi connectivity index (χ3n) is 3.38. The molecule has 0 radical (unpaired) electrons. The molecule has 0 atom stereocenters. The Morgan fingerprint density at radius 3 is 2.34 bits per heavy atom. The number of amides is 2. The number of rotatable bonds is 2. The molecule has 0 fully saturated rings. The highest BCUT2D eigenvalue weighted by Crippen LogP contribution is 2.20. The Balaban J connectivity index is 0.000000537. The molecule has 6 N–H and O–H groups in total. The maximum absolute atomic E-state index is 13.0. The number of H-pyrrole nitrogens is 1. The first-order chi connectivity index (χ1) is 13.4. The van der Waals surface area contributed by atoms with Crippen molar-refractivity contribution in [3.8, 4) is 0 Å². The van der Waals surface area contributed by atoms with E-state index >= 15 is 0 Å². The summed E-state index contributed by atoms with van der Waals surface area (Å²) in [6.07, 6.45) is 0.715. The number of anilines is 1. The zero-order valence-electron chi connectivity index (χ0n) is 14.9. The Labute approximate surface area is 169 Å². The number of carbonyl (C=O) groups excluding carboxylic acids is 2. The van der Waals surface area contributed by atoms with Crippen LogP contribution in [0.25, 0.3) is 10.9 Å². The Bertz CT molecular complexity index is 1170. The predicted molar refractivity (Wildman–Crippen MR) is 107 cm³/mol. The molecule has 9 nitrogen and oxygen atoms in total. The van der Waals surface area contributed by atoms with Crippen molar-refractivity contribution in [1.29, 1.82) is 0 Å². The molecule has 0 aliphatic heterocycles. The minimum absolute atomic E-state index is 0.0259. The van der Waals surface area contributed by atoms with Gasteiger partial charge in [0.2, 0.25) is 0 Å². The molecule has 2 aromatic carbocycles. The lowest BCUT2D eigenvalue weighted by Crippen LogP contribution is -2.42. The van der Waals surface area contributed by atoms with E-state index in [1.165, 1.54) is 6.07 Å². The molecule has 0 aliphatic rings. The van der Waals surface area contributed by atoms with Crippen LogP contribution < -0.4 is 16.6 Å². The van der Waals surface area contributed by atoms with E-state index < -0.39 is 27.7 Å². The number of nitrogen functional groups attached to an aromatic ring is 1. The highest BCUT2D eigenvalue weighted by Gasteiger charge is 2.14. The molecule has 12 heteroatoms. The van der Waals surface area contributed by atoms with Crippen LogP contribution in [0.1, 0.15) is 20.8 Å². The van der Waals surface area contributed by atoms with E-state index in [0.29, 0.717) is 11.3 Å². The van der Waals surface area contributed by atoms with Crippen LogP contribution in [0.2, 0.25) is 5.02 Å². The minimum Gasteiger partial charge on any atom is -0.398 e. The van der Waals surface area contributed by atoms with Crippen molar-refractivity contribution >= 4 is 50.1 Å². The van der Waals surface area contributed by atoms with Gasteiger partial charge in [-0.05, 0) is 42.5 Å². The molecule has 0 saturated carbocycles. The number of nitrogens with two attached hydrogens (primary N) is 1. The zero-order valence-corrected chi connectivity index (χ0v) is 16.4. The van der Waals surface area contributed by atoms with E-state index in [2.05, 4.69) is 15.8 Å². The van der Waals surface area contributed by atoms with Gasteiger partial charge in [-0.1, -0.05) is 11.6 Å². The van der Waals surface area contributed by atoms with Crippen molar-refractivity contribution in [2.75, 3.05) is 12.0 Å². The Morgan fingerprint density at radius 1 is 1.10 bits per heavy atom. The first-order valence-corrected chi connectivity index (χ1v) is 10.0. The Hall–Kier alpha value is -3.15. The van der Waals surface area contributed by atoms with Crippen LogP contribution in [0.3, 0.4) is 0 Å². The fourth-order valence-corrected chi connectivity index (χ4v) is 2.39. The number of aromatic amines is 1. The van der Waals surface area contributed by atoms with Crippen LogP contribution in [0.15, 0.2) is 42.5 Å². The van der Waals surface area contributed by atoms with Gasteiger partial charge >= 0.3 is 0 Å². The lowest BCUT2D eigenvalue weighted by Gasteiger charge is -2.08. The van der Waals surface area contributed by atoms with Gasteiger partial charge in [0.15, 0.2) is 0 Å². The van der Waals surface area contributed by atoms with Crippen LogP contribution >= 0.6 is 11.6 Å². The maximum atomic E-state index is 13.0. The summed E-state index contributed by atoms with van der Waals surface area (Å²) >= 11 is 5.89. The maximum Gasteiger partial charge on any atom is 0.286 e. The van der Waals surface area contributed by atoms with Crippen LogP contribution in [0.5, 0.6) is 0 Å². The molecule has 1 aromatic heterocycles. The van der Waals surface area contributed by atoms with Crippen molar-refractivity contribution in [3.05, 3.63) is 64.6 Å². The first-order valence-electron chi connectivity index (χ1n) is 7.80. The highest BCUT2D eigenvalue weighted by atomic mass is 35.5. The summed E-state index contributed by atoms with van der Waals surface area (Å²) < 4.78 is 38.8. The van der Waals surface area contributed by atoms with Crippen molar-refractivity contribution in [2.24, 2.45) is 0 Å². The molecular weight excluding hydrogens is 427 g/mol. The van der Waals surface area contributed by atoms with Crippen LogP contribution in [0, 0.1) is 5.82 Å². The standard InChI is InChI=1S/C16H12ClFN4O2.CH4O3S/c17-9-1-4-13-8(5-9)6-14(20-13)16(24)22-21-15(23)11-3-2-10(18)7-12(11)19;1-5(2,3)4/h1-7,20H,19H2,(H,21,23)(H,22,24);1H3,(H,2,3,4). The van der Waals surface area contributed by atoms with Crippen LogP contribution in [-0.2, 0) is 10.1 Å². The molecule has 0 unspecified atom stereocenters. The van der Waals surface area contributed by atoms with E-state index in [-0.39, 0.29) is 16.9 Å². The Kier molecular flexibility index (Phi) is 6.80. The van der Waals surface area contributed by atoms with Crippen LogP contribution in [0.4, 0.5) is 10.1 Å². The van der Waals surface area contributed by atoms with E-state index in [9.17, 15) is 22.4 Å². The fourth-order valence-electron chi connectivity index (χ4n) is 2.21. The Morgan fingerprint density at radius 2 is 1.72 bits per heavy atom. The normalized spacial score (nSPS) is 10.8. The number of aromatic nitrogens is 1. The highest BCUT2D eigenvalue weighted by molar-refractivity contribution is 7.85. The van der Waals surface area contributed by atoms with Crippen molar-refractivity contribution in [1.82, 2.24) is 15.8 Å². The van der Waals surface area contributed by atoms with Gasteiger partial charge in [0.05, 0.1) is 11.8 Å². The smallest absolute Gasteiger partial charge is 0.286 e. The number of hydrazine groups is 1. The summed E-state index contributed by atoms with van der Waals surface area (Å²) in [5.74, 6) is -1.75. The fraction of sp³-hybridized carbons (Fsp3) is 0.0588. The lowest BCUT2D eigenvalue weighted by molar-refractivity contribution is 0.0845.